The summed E-state index contributed by atoms with van der Waals surface area (Å²) in [6, 6.07) is 16.4. The van der Waals surface area contributed by atoms with Crippen LogP contribution in [0.5, 0.6) is 11.5 Å². The van der Waals surface area contributed by atoms with E-state index in [1.807, 2.05) is 42.5 Å². The first kappa shape index (κ1) is 21.9. The number of anilines is 2. The van der Waals surface area contributed by atoms with E-state index < -0.39 is 0 Å². The second kappa shape index (κ2) is 8.08. The quantitative estimate of drug-likeness (QED) is 0.437. The molecular weight excluding hydrogens is 454 g/mol. The van der Waals surface area contributed by atoms with Crippen LogP contribution in [0.25, 0.3) is 10.9 Å². The van der Waals surface area contributed by atoms with Crippen LogP contribution < -0.4 is 31.0 Å². The first-order valence-electron chi connectivity index (χ1n) is 12.8. The van der Waals surface area contributed by atoms with Crippen LogP contribution in [0.2, 0.25) is 0 Å². The van der Waals surface area contributed by atoms with Crippen LogP contribution in [-0.2, 0) is 10.2 Å². The number of carbonyl (C=O) groups excluding carboxylic acids is 1. The molecule has 1 aromatic heterocycles. The third-order valence-electron chi connectivity index (χ3n) is 8.94. The van der Waals surface area contributed by atoms with E-state index in [1.165, 1.54) is 0 Å². The fourth-order valence-electron chi connectivity index (χ4n) is 7.02. The van der Waals surface area contributed by atoms with E-state index in [2.05, 4.69) is 27.6 Å². The minimum absolute atomic E-state index is 0.0615. The van der Waals surface area contributed by atoms with Gasteiger partial charge >= 0.3 is 0 Å². The Balaban J connectivity index is 1.07. The van der Waals surface area contributed by atoms with Gasteiger partial charge in [0.25, 0.3) is 0 Å². The molecule has 6 atom stereocenters. The van der Waals surface area contributed by atoms with Crippen molar-refractivity contribution in [1.29, 1.82) is 0 Å². The third kappa shape index (κ3) is 3.21. The van der Waals surface area contributed by atoms with Gasteiger partial charge in [-0.15, -0.1) is 0 Å². The summed E-state index contributed by atoms with van der Waals surface area (Å²) in [5.74, 6) is 3.79. The monoisotopic (exact) mass is 485 g/mol. The van der Waals surface area contributed by atoms with Crippen molar-refractivity contribution in [2.45, 2.75) is 43.3 Å². The molecule has 0 bridgehead atoms. The number of hydrogen-bond donors (Lipinski definition) is 4. The molecule has 36 heavy (non-hydrogen) atoms. The van der Waals surface area contributed by atoms with Crippen LogP contribution in [0.15, 0.2) is 48.5 Å². The van der Waals surface area contributed by atoms with Crippen LogP contribution in [0.1, 0.15) is 31.2 Å². The Labute approximate surface area is 210 Å². The molecule has 7 rings (SSSR count). The number of fused-ring (bicyclic) bond motifs is 4. The maximum atomic E-state index is 13.1. The smallest absolute Gasteiger partial charge is 0.235 e. The predicted molar refractivity (Wildman–Crippen MR) is 138 cm³/mol. The molecule has 2 aromatic carbocycles. The van der Waals surface area contributed by atoms with Crippen LogP contribution >= 0.6 is 0 Å². The van der Waals surface area contributed by atoms with Gasteiger partial charge in [-0.3, -0.25) is 10.2 Å². The zero-order valence-corrected chi connectivity index (χ0v) is 20.5. The van der Waals surface area contributed by atoms with E-state index in [4.69, 9.17) is 14.5 Å². The van der Waals surface area contributed by atoms with E-state index in [0.29, 0.717) is 23.8 Å². The van der Waals surface area contributed by atoms with Gasteiger partial charge in [-0.1, -0.05) is 18.2 Å². The van der Waals surface area contributed by atoms with E-state index in [-0.39, 0.29) is 17.5 Å². The summed E-state index contributed by atoms with van der Waals surface area (Å²) in [5.41, 5.74) is 9.64. The topological polar surface area (TPSA) is 96.5 Å². The average Bonchev–Trinajstić information content (AvgIpc) is 3.46. The first-order chi connectivity index (χ1) is 17.6. The summed E-state index contributed by atoms with van der Waals surface area (Å²) in [4.78, 5) is 17.9. The van der Waals surface area contributed by atoms with Gasteiger partial charge in [-0.25, -0.2) is 10.4 Å². The van der Waals surface area contributed by atoms with Gasteiger partial charge < -0.3 is 20.1 Å². The van der Waals surface area contributed by atoms with E-state index in [1.54, 1.807) is 14.2 Å². The molecule has 4 N–H and O–H groups in total. The molecule has 1 amide bonds. The number of amides is 1. The highest BCUT2D eigenvalue weighted by molar-refractivity contribution is 6.09. The van der Waals surface area contributed by atoms with Crippen molar-refractivity contribution in [1.82, 2.24) is 15.8 Å². The highest BCUT2D eigenvalue weighted by Crippen LogP contribution is 2.65. The Morgan fingerprint density at radius 3 is 2.81 bits per heavy atom. The average molecular weight is 486 g/mol. The number of hydrazine groups is 1. The highest BCUT2D eigenvalue weighted by Gasteiger charge is 2.67. The number of carbonyl (C=O) groups is 1. The molecule has 4 aliphatic rings. The minimum atomic E-state index is -0.382. The van der Waals surface area contributed by atoms with Gasteiger partial charge in [0.15, 0.2) is 11.6 Å². The lowest BCUT2D eigenvalue weighted by atomic mass is 9.74. The standard InChI is InChI=1S/C28H31N5O3/c1-35-17-8-10-22-19(13-17)28(27(34)30-22)14-20(28)15-7-9-18-23(11-15)32-33-25(18)31-26-24(36-2)12-16-5-3-4-6-21(16)29-26/h3-6,8,10,12-13,15,18,20,23,25,32-33H,7,9,11,14H2,1-2H3,(H,29,31)(H,30,34)/t15?,18?,20-,23?,25?,28-/m0/s1. The highest BCUT2D eigenvalue weighted by atomic mass is 16.5. The maximum Gasteiger partial charge on any atom is 0.235 e. The molecule has 2 aliphatic heterocycles. The van der Waals surface area contributed by atoms with Crippen LogP contribution in [0, 0.1) is 17.8 Å². The minimum Gasteiger partial charge on any atom is -0.497 e. The number of ether oxygens (including phenoxy) is 2. The number of hydrogen-bond acceptors (Lipinski definition) is 7. The zero-order valence-electron chi connectivity index (χ0n) is 20.5. The first-order valence-corrected chi connectivity index (χ1v) is 12.8. The Bertz CT molecular complexity index is 1360. The second-order valence-corrected chi connectivity index (χ2v) is 10.6. The van der Waals surface area contributed by atoms with Crippen molar-refractivity contribution in [2.75, 3.05) is 24.9 Å². The maximum absolute atomic E-state index is 13.1. The van der Waals surface area contributed by atoms with Gasteiger partial charge in [-0.2, -0.15) is 0 Å². The fourth-order valence-corrected chi connectivity index (χ4v) is 7.02. The number of methoxy groups -OCH3 is 2. The van der Waals surface area contributed by atoms with Gasteiger partial charge in [0.1, 0.15) is 5.75 Å². The Hall–Kier alpha value is -3.36. The number of nitrogens with one attached hydrogen (secondary N) is 4. The van der Waals surface area contributed by atoms with Gasteiger partial charge in [-0.05, 0) is 73.4 Å². The molecule has 2 saturated carbocycles. The van der Waals surface area contributed by atoms with Crippen molar-refractivity contribution in [3.05, 3.63) is 54.1 Å². The number of para-hydroxylation sites is 1. The Kier molecular flexibility index (Phi) is 4.91. The van der Waals surface area contributed by atoms with Gasteiger partial charge in [0.2, 0.25) is 5.91 Å². The molecular formula is C28H31N5O3. The lowest BCUT2D eigenvalue weighted by molar-refractivity contribution is -0.118. The lowest BCUT2D eigenvalue weighted by Crippen LogP contribution is -2.39. The summed E-state index contributed by atoms with van der Waals surface area (Å²) in [7, 11) is 3.36. The largest absolute Gasteiger partial charge is 0.497 e. The Morgan fingerprint density at radius 1 is 1.06 bits per heavy atom. The molecule has 3 fully saturated rings. The molecule has 1 saturated heterocycles. The van der Waals surface area contributed by atoms with E-state index >= 15 is 0 Å². The molecule has 186 valence electrons. The molecule has 2 aliphatic carbocycles. The number of benzene rings is 2. The summed E-state index contributed by atoms with van der Waals surface area (Å²) < 4.78 is 11.1. The van der Waals surface area contributed by atoms with E-state index in [9.17, 15) is 4.79 Å². The molecule has 8 nitrogen and oxygen atoms in total. The van der Waals surface area contributed by atoms with Crippen LogP contribution in [0.3, 0.4) is 0 Å². The third-order valence-corrected chi connectivity index (χ3v) is 8.94. The number of rotatable bonds is 5. The molecule has 0 radical (unpaired) electrons. The predicted octanol–water partition coefficient (Wildman–Crippen LogP) is 3.79. The van der Waals surface area contributed by atoms with Crippen molar-refractivity contribution >= 4 is 28.3 Å². The normalized spacial score (nSPS) is 32.2. The lowest BCUT2D eigenvalue weighted by Gasteiger charge is -2.34. The number of pyridine rings is 1. The van der Waals surface area contributed by atoms with Crippen LogP contribution in [-0.4, -0.2) is 37.3 Å². The second-order valence-electron chi connectivity index (χ2n) is 10.6. The zero-order chi connectivity index (χ0) is 24.4. The molecule has 3 aromatic rings. The summed E-state index contributed by atoms with van der Waals surface area (Å²) in [6.07, 6.45) is 4.24. The van der Waals surface area contributed by atoms with E-state index in [0.717, 1.165) is 65.2 Å². The van der Waals surface area contributed by atoms with Crippen molar-refractivity contribution in [3.63, 3.8) is 0 Å². The molecule has 3 heterocycles. The van der Waals surface area contributed by atoms with Gasteiger partial charge in [0.05, 0.1) is 31.3 Å². The number of aromatic nitrogens is 1. The SMILES string of the molecule is COc1ccc2c(c1)[C@]1(C[C@H]1C1CCC3C(C1)NNC3Nc1nc3ccccc3cc1OC)C(=O)N2. The summed E-state index contributed by atoms with van der Waals surface area (Å²) in [6.45, 7) is 0. The molecule has 1 spiro atoms. The van der Waals surface area contributed by atoms with Gasteiger partial charge in [0, 0.05) is 23.0 Å². The fraction of sp³-hybridized carbons (Fsp3) is 0.429. The van der Waals surface area contributed by atoms with Crippen molar-refractivity contribution in [2.24, 2.45) is 17.8 Å². The van der Waals surface area contributed by atoms with Crippen molar-refractivity contribution in [3.8, 4) is 11.5 Å². The summed E-state index contributed by atoms with van der Waals surface area (Å²) in [5, 5.41) is 7.79. The summed E-state index contributed by atoms with van der Waals surface area (Å²) >= 11 is 0. The van der Waals surface area contributed by atoms with Crippen LogP contribution in [0.4, 0.5) is 11.5 Å². The Morgan fingerprint density at radius 2 is 1.94 bits per heavy atom. The molecule has 8 heteroatoms. The number of nitrogens with zero attached hydrogens (tertiary/aromatic N) is 1. The molecule has 4 unspecified atom stereocenters. The van der Waals surface area contributed by atoms with Crippen molar-refractivity contribution < 1.29 is 14.3 Å².